The largest absolute Gasteiger partial charge is 0.467 e. The highest BCUT2D eigenvalue weighted by Gasteiger charge is 2.27. The van der Waals surface area contributed by atoms with Crippen LogP contribution < -0.4 is 0 Å². The summed E-state index contributed by atoms with van der Waals surface area (Å²) in [5, 5.41) is 0. The number of amides is 2. The molecule has 0 fully saturated rings. The van der Waals surface area contributed by atoms with E-state index in [4.69, 9.17) is 4.42 Å². The van der Waals surface area contributed by atoms with Gasteiger partial charge < -0.3 is 18.8 Å². The molecule has 31 heavy (non-hydrogen) atoms. The predicted octanol–water partition coefficient (Wildman–Crippen LogP) is 4.40. The molecule has 1 aromatic carbocycles. The molecule has 164 valence electrons. The Kier molecular flexibility index (Phi) is 7.34. The minimum absolute atomic E-state index is 0.0211. The molecule has 0 N–H and O–H groups in total. The predicted molar refractivity (Wildman–Crippen MR) is 120 cm³/mol. The molecule has 0 spiro atoms. The van der Waals surface area contributed by atoms with Crippen molar-refractivity contribution in [3.8, 4) is 0 Å². The Hall–Kier alpha value is -3.28. The van der Waals surface area contributed by atoms with Gasteiger partial charge in [-0.25, -0.2) is 0 Å². The van der Waals surface area contributed by atoms with Gasteiger partial charge in [-0.1, -0.05) is 25.1 Å². The Balaban J connectivity index is 1.84. The monoisotopic (exact) mass is 421 g/mol. The van der Waals surface area contributed by atoms with Gasteiger partial charge in [0.25, 0.3) is 5.91 Å². The second kappa shape index (κ2) is 10.2. The van der Waals surface area contributed by atoms with Crippen molar-refractivity contribution in [2.45, 2.75) is 46.3 Å². The highest BCUT2D eigenvalue weighted by atomic mass is 16.3. The third kappa shape index (κ3) is 5.45. The summed E-state index contributed by atoms with van der Waals surface area (Å²) in [4.78, 5) is 30.2. The number of nitrogens with zero attached hydrogens (tertiary/aromatic N) is 3. The smallest absolute Gasteiger partial charge is 0.254 e. The Morgan fingerprint density at radius 1 is 1.06 bits per heavy atom. The number of carbonyl (C=O) groups excluding carboxylic acids is 2. The molecule has 0 aliphatic rings. The molecule has 3 aromatic rings. The van der Waals surface area contributed by atoms with Crippen molar-refractivity contribution in [1.29, 1.82) is 0 Å². The van der Waals surface area contributed by atoms with E-state index in [9.17, 15) is 9.59 Å². The van der Waals surface area contributed by atoms with E-state index >= 15 is 0 Å². The average Bonchev–Trinajstić information content (AvgIpc) is 3.42. The first-order valence-electron chi connectivity index (χ1n) is 10.7. The maximum atomic E-state index is 13.4. The number of benzene rings is 1. The quantitative estimate of drug-likeness (QED) is 0.515. The zero-order chi connectivity index (χ0) is 22.4. The third-order valence-corrected chi connectivity index (χ3v) is 5.75. The van der Waals surface area contributed by atoms with Crippen LogP contribution in [0.4, 0.5) is 0 Å². The standard InChI is InChI=1S/C25H31N3O3/c1-5-20(3)28(25(30)23-13-7-6-10-19(23)2)18-24(29)27(17-22-12-9-15-31-22)16-21-11-8-14-26(21)4/h6-15,20H,5,16-18H2,1-4H3. The number of furan rings is 1. The number of rotatable bonds is 9. The van der Waals surface area contributed by atoms with Crippen molar-refractivity contribution in [3.63, 3.8) is 0 Å². The summed E-state index contributed by atoms with van der Waals surface area (Å²) in [6.07, 6.45) is 4.33. The maximum absolute atomic E-state index is 13.4. The van der Waals surface area contributed by atoms with Crippen LogP contribution in [0.3, 0.4) is 0 Å². The lowest BCUT2D eigenvalue weighted by molar-refractivity contribution is -0.134. The highest BCUT2D eigenvalue weighted by molar-refractivity contribution is 5.97. The van der Waals surface area contributed by atoms with Crippen molar-refractivity contribution in [3.05, 3.63) is 83.6 Å². The topological polar surface area (TPSA) is 58.7 Å². The minimum Gasteiger partial charge on any atom is -0.467 e. The van der Waals surface area contributed by atoms with E-state index in [1.54, 1.807) is 16.1 Å². The molecule has 0 saturated heterocycles. The van der Waals surface area contributed by atoms with E-state index in [1.165, 1.54) is 0 Å². The molecule has 0 radical (unpaired) electrons. The number of aryl methyl sites for hydroxylation is 2. The fourth-order valence-corrected chi connectivity index (χ4v) is 3.54. The summed E-state index contributed by atoms with van der Waals surface area (Å²) in [7, 11) is 1.96. The van der Waals surface area contributed by atoms with Crippen LogP contribution in [-0.4, -0.2) is 38.8 Å². The van der Waals surface area contributed by atoms with Crippen LogP contribution in [-0.2, 0) is 24.9 Å². The van der Waals surface area contributed by atoms with Crippen LogP contribution in [0.25, 0.3) is 0 Å². The SMILES string of the molecule is CCC(C)N(CC(=O)N(Cc1ccco1)Cc1cccn1C)C(=O)c1ccccc1C. The molecule has 6 nitrogen and oxygen atoms in total. The van der Waals surface area contributed by atoms with Gasteiger partial charge in [0.05, 0.1) is 19.4 Å². The molecular weight excluding hydrogens is 390 g/mol. The summed E-state index contributed by atoms with van der Waals surface area (Å²) >= 11 is 0. The van der Waals surface area contributed by atoms with Gasteiger partial charge in [-0.2, -0.15) is 0 Å². The second-order valence-corrected chi connectivity index (χ2v) is 7.94. The molecule has 1 atom stereocenters. The van der Waals surface area contributed by atoms with Crippen molar-refractivity contribution in [1.82, 2.24) is 14.4 Å². The van der Waals surface area contributed by atoms with E-state index in [2.05, 4.69) is 0 Å². The number of aromatic nitrogens is 1. The van der Waals surface area contributed by atoms with Gasteiger partial charge in [0.15, 0.2) is 0 Å². The van der Waals surface area contributed by atoms with Gasteiger partial charge in [-0.15, -0.1) is 0 Å². The summed E-state index contributed by atoms with van der Waals surface area (Å²) in [6.45, 7) is 6.74. The lowest BCUT2D eigenvalue weighted by atomic mass is 10.1. The van der Waals surface area contributed by atoms with Gasteiger partial charge in [0, 0.05) is 30.5 Å². The van der Waals surface area contributed by atoms with Crippen LogP contribution in [0.15, 0.2) is 65.4 Å². The average molecular weight is 422 g/mol. The molecule has 1 unspecified atom stereocenters. The Morgan fingerprint density at radius 2 is 1.84 bits per heavy atom. The van der Waals surface area contributed by atoms with Crippen LogP contribution in [0.2, 0.25) is 0 Å². The maximum Gasteiger partial charge on any atom is 0.254 e. The first kappa shape index (κ1) is 22.4. The third-order valence-electron chi connectivity index (χ3n) is 5.75. The molecule has 3 rings (SSSR count). The Morgan fingerprint density at radius 3 is 2.45 bits per heavy atom. The van der Waals surface area contributed by atoms with Crippen LogP contribution in [0.5, 0.6) is 0 Å². The summed E-state index contributed by atoms with van der Waals surface area (Å²) in [6, 6.07) is 15.1. The van der Waals surface area contributed by atoms with Crippen LogP contribution >= 0.6 is 0 Å². The van der Waals surface area contributed by atoms with Gasteiger partial charge >= 0.3 is 0 Å². The molecule has 6 heteroatoms. The van der Waals surface area contributed by atoms with Crippen molar-refractivity contribution in [2.24, 2.45) is 7.05 Å². The molecular formula is C25H31N3O3. The number of carbonyl (C=O) groups is 2. The van der Waals surface area contributed by atoms with Gasteiger partial charge in [0.2, 0.25) is 5.91 Å². The summed E-state index contributed by atoms with van der Waals surface area (Å²) < 4.78 is 7.48. The molecule has 0 bridgehead atoms. The fraction of sp³-hybridized carbons (Fsp3) is 0.360. The van der Waals surface area contributed by atoms with E-state index in [-0.39, 0.29) is 24.4 Å². The summed E-state index contributed by atoms with van der Waals surface area (Å²) in [5.74, 6) is 0.486. The van der Waals surface area contributed by atoms with E-state index < -0.39 is 0 Å². The zero-order valence-electron chi connectivity index (χ0n) is 18.7. The molecule has 0 saturated carbocycles. The van der Waals surface area contributed by atoms with Crippen molar-refractivity contribution >= 4 is 11.8 Å². The molecule has 0 aliphatic heterocycles. The minimum atomic E-state index is -0.113. The van der Waals surface area contributed by atoms with E-state index in [0.29, 0.717) is 24.4 Å². The zero-order valence-corrected chi connectivity index (χ0v) is 18.7. The lowest BCUT2D eigenvalue weighted by Crippen LogP contribution is -2.46. The Labute approximate surface area is 184 Å². The van der Waals surface area contributed by atoms with Gasteiger partial charge in [0.1, 0.15) is 12.3 Å². The molecule has 2 aromatic heterocycles. The molecule has 2 heterocycles. The molecule has 0 aliphatic carbocycles. The first-order valence-corrected chi connectivity index (χ1v) is 10.7. The van der Waals surface area contributed by atoms with E-state index in [0.717, 1.165) is 17.7 Å². The van der Waals surface area contributed by atoms with Gasteiger partial charge in [-0.3, -0.25) is 9.59 Å². The molecule has 2 amide bonds. The van der Waals surface area contributed by atoms with E-state index in [1.807, 2.05) is 87.1 Å². The first-order chi connectivity index (χ1) is 14.9. The highest BCUT2D eigenvalue weighted by Crippen LogP contribution is 2.17. The number of hydrogen-bond donors (Lipinski definition) is 0. The lowest BCUT2D eigenvalue weighted by Gasteiger charge is -2.31. The van der Waals surface area contributed by atoms with Gasteiger partial charge in [-0.05, 0) is 56.2 Å². The van der Waals surface area contributed by atoms with Crippen molar-refractivity contribution < 1.29 is 14.0 Å². The number of hydrogen-bond acceptors (Lipinski definition) is 3. The van der Waals surface area contributed by atoms with Crippen molar-refractivity contribution in [2.75, 3.05) is 6.54 Å². The van der Waals surface area contributed by atoms with Crippen LogP contribution in [0.1, 0.15) is 47.6 Å². The fourth-order valence-electron chi connectivity index (χ4n) is 3.54. The van der Waals surface area contributed by atoms with Crippen LogP contribution in [0, 0.1) is 6.92 Å². The second-order valence-electron chi connectivity index (χ2n) is 7.94. The summed E-state index contributed by atoms with van der Waals surface area (Å²) in [5.41, 5.74) is 2.56. The Bertz CT molecular complexity index is 1010. The normalized spacial score (nSPS) is 11.9.